The number of hydrogen-bond acceptors (Lipinski definition) is 4. The molecular formula is C21H26N2O3S. The third-order valence-corrected chi connectivity index (χ3v) is 7.23. The number of sulfone groups is 1. The van der Waals surface area contributed by atoms with E-state index in [1.54, 1.807) is 30.6 Å². The van der Waals surface area contributed by atoms with Crippen molar-refractivity contribution in [2.24, 2.45) is 0 Å². The number of pyridine rings is 1. The van der Waals surface area contributed by atoms with Crippen molar-refractivity contribution in [3.8, 4) is 0 Å². The minimum absolute atomic E-state index is 0.0388. The molecule has 0 bridgehead atoms. The summed E-state index contributed by atoms with van der Waals surface area (Å²) >= 11 is 0. The Morgan fingerprint density at radius 2 is 1.85 bits per heavy atom. The first-order chi connectivity index (χ1) is 13.0. The van der Waals surface area contributed by atoms with Crippen LogP contribution in [-0.4, -0.2) is 24.6 Å². The first-order valence-corrected chi connectivity index (χ1v) is 11.2. The van der Waals surface area contributed by atoms with Crippen LogP contribution in [0.2, 0.25) is 0 Å². The molecule has 5 nitrogen and oxygen atoms in total. The fraction of sp³-hybridized carbons (Fsp3) is 0.429. The molecular weight excluding hydrogens is 360 g/mol. The molecule has 1 fully saturated rings. The van der Waals surface area contributed by atoms with E-state index >= 15 is 0 Å². The van der Waals surface area contributed by atoms with Gasteiger partial charge in [0.05, 0.1) is 11.0 Å². The molecule has 0 spiro atoms. The van der Waals surface area contributed by atoms with Gasteiger partial charge < -0.3 is 5.32 Å². The first-order valence-electron chi connectivity index (χ1n) is 9.52. The van der Waals surface area contributed by atoms with E-state index in [4.69, 9.17) is 0 Å². The molecule has 0 atom stereocenters. The predicted octanol–water partition coefficient (Wildman–Crippen LogP) is 3.90. The van der Waals surface area contributed by atoms with Gasteiger partial charge >= 0.3 is 0 Å². The zero-order valence-corrected chi connectivity index (χ0v) is 16.2. The van der Waals surface area contributed by atoms with E-state index in [0.717, 1.165) is 43.2 Å². The highest BCUT2D eigenvalue weighted by atomic mass is 32.2. The molecule has 0 saturated heterocycles. The molecule has 0 radical (unpaired) electrons. The highest BCUT2D eigenvalue weighted by Crippen LogP contribution is 2.26. The number of rotatable bonds is 7. The van der Waals surface area contributed by atoms with E-state index in [2.05, 4.69) is 10.3 Å². The van der Waals surface area contributed by atoms with Crippen molar-refractivity contribution < 1.29 is 13.2 Å². The Balaban J connectivity index is 1.57. The molecule has 6 heteroatoms. The van der Waals surface area contributed by atoms with E-state index in [1.807, 2.05) is 18.2 Å². The van der Waals surface area contributed by atoms with Gasteiger partial charge in [0.2, 0.25) is 5.91 Å². The lowest BCUT2D eigenvalue weighted by atomic mass is 10.0. The van der Waals surface area contributed by atoms with Crippen molar-refractivity contribution in [2.75, 3.05) is 5.32 Å². The van der Waals surface area contributed by atoms with Crippen molar-refractivity contribution in [1.82, 2.24) is 4.98 Å². The van der Waals surface area contributed by atoms with Crippen LogP contribution in [0.5, 0.6) is 0 Å². The minimum Gasteiger partial charge on any atom is -0.326 e. The maximum atomic E-state index is 12.7. The molecule has 1 aromatic heterocycles. The Hall–Kier alpha value is -2.21. The molecule has 1 heterocycles. The summed E-state index contributed by atoms with van der Waals surface area (Å²) in [5.74, 6) is -0.0528. The molecule has 1 aromatic carbocycles. The largest absolute Gasteiger partial charge is 0.326 e. The molecule has 1 N–H and O–H groups in total. The minimum atomic E-state index is -3.15. The van der Waals surface area contributed by atoms with Crippen molar-refractivity contribution in [3.63, 3.8) is 0 Å². The zero-order chi connectivity index (χ0) is 19.1. The normalized spacial score (nSPS) is 15.4. The van der Waals surface area contributed by atoms with Gasteiger partial charge in [-0.1, -0.05) is 37.5 Å². The predicted molar refractivity (Wildman–Crippen MR) is 107 cm³/mol. The highest BCUT2D eigenvalue weighted by molar-refractivity contribution is 7.91. The van der Waals surface area contributed by atoms with Crippen molar-refractivity contribution in [2.45, 2.75) is 55.9 Å². The summed E-state index contributed by atoms with van der Waals surface area (Å²) in [6, 6.07) is 11.0. The van der Waals surface area contributed by atoms with Gasteiger partial charge in [-0.2, -0.15) is 0 Å². The van der Waals surface area contributed by atoms with E-state index in [0.29, 0.717) is 18.5 Å². The number of carbonyl (C=O) groups excluding carboxylic acids is 1. The van der Waals surface area contributed by atoms with Crippen LogP contribution in [0.25, 0.3) is 0 Å². The summed E-state index contributed by atoms with van der Waals surface area (Å²) < 4.78 is 25.3. The van der Waals surface area contributed by atoms with Gasteiger partial charge in [0, 0.05) is 24.5 Å². The molecule has 1 aliphatic rings. The standard InChI is InChI=1S/C21H26N2O3S/c24-21(12-11-17-7-5-13-22-15-17)23-19-8-4-6-18(14-19)16-27(25,26)20-9-2-1-3-10-20/h4-8,13-15,20H,1-3,9-12,16H2,(H,23,24). The van der Waals surface area contributed by atoms with E-state index < -0.39 is 9.84 Å². The second-order valence-electron chi connectivity index (χ2n) is 7.18. The van der Waals surface area contributed by atoms with Crippen LogP contribution in [-0.2, 0) is 26.8 Å². The van der Waals surface area contributed by atoms with Crippen molar-refractivity contribution in [3.05, 3.63) is 59.9 Å². The molecule has 0 unspecified atom stereocenters. The number of hydrogen-bond donors (Lipinski definition) is 1. The number of aromatic nitrogens is 1. The molecule has 1 saturated carbocycles. The monoisotopic (exact) mass is 386 g/mol. The Morgan fingerprint density at radius 3 is 2.59 bits per heavy atom. The summed E-state index contributed by atoms with van der Waals surface area (Å²) in [5, 5.41) is 2.65. The Morgan fingerprint density at radius 1 is 1.07 bits per heavy atom. The Kier molecular flexibility index (Phi) is 6.61. The van der Waals surface area contributed by atoms with Crippen LogP contribution in [0.1, 0.15) is 49.7 Å². The van der Waals surface area contributed by atoms with Gasteiger partial charge in [0.1, 0.15) is 0 Å². The van der Waals surface area contributed by atoms with E-state index in [-0.39, 0.29) is 16.9 Å². The topological polar surface area (TPSA) is 76.1 Å². The maximum Gasteiger partial charge on any atom is 0.224 e. The van der Waals surface area contributed by atoms with Crippen LogP contribution < -0.4 is 5.32 Å². The van der Waals surface area contributed by atoms with Gasteiger partial charge in [-0.15, -0.1) is 0 Å². The quantitative estimate of drug-likeness (QED) is 0.783. The van der Waals surface area contributed by atoms with Crippen molar-refractivity contribution >= 4 is 21.4 Å². The van der Waals surface area contributed by atoms with Crippen LogP contribution in [0.4, 0.5) is 5.69 Å². The second kappa shape index (κ2) is 9.13. The summed E-state index contributed by atoms with van der Waals surface area (Å²) in [5.41, 5.74) is 2.38. The lowest BCUT2D eigenvalue weighted by molar-refractivity contribution is -0.116. The number of carbonyl (C=O) groups is 1. The average Bonchev–Trinajstić information content (AvgIpc) is 2.68. The molecule has 3 rings (SSSR count). The van der Waals surface area contributed by atoms with Gasteiger partial charge in [-0.05, 0) is 48.6 Å². The SMILES string of the molecule is O=C(CCc1cccnc1)Nc1cccc(CS(=O)(=O)C2CCCCC2)c1. The highest BCUT2D eigenvalue weighted by Gasteiger charge is 2.27. The fourth-order valence-corrected chi connectivity index (χ4v) is 5.47. The van der Waals surface area contributed by atoms with E-state index in [1.165, 1.54) is 0 Å². The van der Waals surface area contributed by atoms with Gasteiger partial charge in [-0.25, -0.2) is 8.42 Å². The number of anilines is 1. The third kappa shape index (κ3) is 5.89. The molecule has 1 amide bonds. The maximum absolute atomic E-state index is 12.7. The summed E-state index contributed by atoms with van der Waals surface area (Å²) in [6.45, 7) is 0. The molecule has 27 heavy (non-hydrogen) atoms. The number of aryl methyl sites for hydroxylation is 1. The third-order valence-electron chi connectivity index (χ3n) is 5.00. The number of amides is 1. The summed E-state index contributed by atoms with van der Waals surface area (Å²) in [7, 11) is -3.15. The summed E-state index contributed by atoms with van der Waals surface area (Å²) in [6.07, 6.45) is 9.10. The average molecular weight is 387 g/mol. The smallest absolute Gasteiger partial charge is 0.224 e. The Bertz CT molecular complexity index is 860. The lowest BCUT2D eigenvalue weighted by Gasteiger charge is -2.21. The Labute approximate surface area is 161 Å². The number of nitrogens with zero attached hydrogens (tertiary/aromatic N) is 1. The molecule has 2 aromatic rings. The van der Waals surface area contributed by atoms with Crippen LogP contribution in [0, 0.1) is 0 Å². The molecule has 0 aliphatic heterocycles. The van der Waals surface area contributed by atoms with E-state index in [9.17, 15) is 13.2 Å². The molecule has 1 aliphatic carbocycles. The second-order valence-corrected chi connectivity index (χ2v) is 9.46. The van der Waals surface area contributed by atoms with Crippen LogP contribution in [0.3, 0.4) is 0 Å². The van der Waals surface area contributed by atoms with Gasteiger partial charge in [0.15, 0.2) is 9.84 Å². The van der Waals surface area contributed by atoms with Gasteiger partial charge in [0.25, 0.3) is 0 Å². The van der Waals surface area contributed by atoms with Crippen molar-refractivity contribution in [1.29, 1.82) is 0 Å². The van der Waals surface area contributed by atoms with Crippen LogP contribution in [0.15, 0.2) is 48.8 Å². The zero-order valence-electron chi connectivity index (χ0n) is 15.4. The van der Waals surface area contributed by atoms with Crippen LogP contribution >= 0.6 is 0 Å². The summed E-state index contributed by atoms with van der Waals surface area (Å²) in [4.78, 5) is 16.2. The van der Waals surface area contributed by atoms with Gasteiger partial charge in [-0.3, -0.25) is 9.78 Å². The first kappa shape index (κ1) is 19.5. The number of nitrogens with one attached hydrogen (secondary N) is 1. The fourth-order valence-electron chi connectivity index (χ4n) is 3.54. The lowest BCUT2D eigenvalue weighted by Crippen LogP contribution is -2.25. The number of benzene rings is 1. The molecule has 144 valence electrons.